The van der Waals surface area contributed by atoms with E-state index in [1.54, 1.807) is 13.8 Å². The summed E-state index contributed by atoms with van der Waals surface area (Å²) >= 11 is 3.35. The van der Waals surface area contributed by atoms with Crippen LogP contribution in [0.3, 0.4) is 0 Å². The molecule has 0 saturated heterocycles. The maximum Gasteiger partial charge on any atom is 0.277 e. The van der Waals surface area contributed by atoms with Crippen molar-refractivity contribution in [3.05, 3.63) is 34.3 Å². The van der Waals surface area contributed by atoms with Crippen molar-refractivity contribution in [2.75, 3.05) is 6.54 Å². The summed E-state index contributed by atoms with van der Waals surface area (Å²) in [6.45, 7) is 3.92. The highest BCUT2D eigenvalue weighted by Crippen LogP contribution is 2.18. The van der Waals surface area contributed by atoms with Crippen LogP contribution in [-0.4, -0.2) is 15.0 Å². The number of hydrogen-bond acceptors (Lipinski definition) is 2. The van der Waals surface area contributed by atoms with Crippen LogP contribution < -0.4 is 9.44 Å². The highest BCUT2D eigenvalue weighted by atomic mass is 79.9. The second kappa shape index (κ2) is 5.77. The number of hydrogen-bond donors (Lipinski definition) is 2. The van der Waals surface area contributed by atoms with E-state index in [0.717, 1.165) is 10.0 Å². The Morgan fingerprint density at radius 1 is 1.44 bits per heavy atom. The molecule has 1 aromatic carbocycles. The minimum atomic E-state index is -3.41. The lowest BCUT2D eigenvalue weighted by molar-refractivity contribution is 0.554. The van der Waals surface area contributed by atoms with Crippen LogP contribution >= 0.6 is 15.9 Å². The van der Waals surface area contributed by atoms with E-state index in [9.17, 15) is 8.42 Å². The fourth-order valence-electron chi connectivity index (χ4n) is 1.31. The lowest BCUT2D eigenvalue weighted by Crippen LogP contribution is -2.37. The average molecular weight is 307 g/mol. The van der Waals surface area contributed by atoms with Crippen molar-refractivity contribution < 1.29 is 8.42 Å². The zero-order chi connectivity index (χ0) is 12.2. The molecular weight excluding hydrogens is 292 g/mol. The van der Waals surface area contributed by atoms with Crippen LogP contribution in [0, 0.1) is 0 Å². The Morgan fingerprint density at radius 2 is 2.12 bits per heavy atom. The van der Waals surface area contributed by atoms with Crippen LogP contribution in [0.15, 0.2) is 28.7 Å². The highest BCUT2D eigenvalue weighted by Gasteiger charge is 2.14. The third-order valence-corrected chi connectivity index (χ3v) is 3.84. The van der Waals surface area contributed by atoms with Gasteiger partial charge in [0.2, 0.25) is 0 Å². The predicted molar refractivity (Wildman–Crippen MR) is 68.3 cm³/mol. The van der Waals surface area contributed by atoms with E-state index in [-0.39, 0.29) is 6.04 Å². The molecule has 0 saturated carbocycles. The van der Waals surface area contributed by atoms with Gasteiger partial charge < -0.3 is 0 Å². The van der Waals surface area contributed by atoms with Crippen molar-refractivity contribution in [2.45, 2.75) is 19.9 Å². The Kier molecular flexibility index (Phi) is 4.91. The molecule has 16 heavy (non-hydrogen) atoms. The van der Waals surface area contributed by atoms with Crippen molar-refractivity contribution in [1.29, 1.82) is 0 Å². The molecule has 90 valence electrons. The standard InChI is InChI=1S/C10H15BrN2O2S/c1-3-12-16(14,15)13-8(2)9-5-4-6-10(11)7-9/h4-8,12-13H,3H2,1-2H3. The minimum absolute atomic E-state index is 0.262. The van der Waals surface area contributed by atoms with Crippen LogP contribution in [0.25, 0.3) is 0 Å². The molecule has 0 amide bonds. The largest absolute Gasteiger partial charge is 0.277 e. The number of rotatable bonds is 5. The van der Waals surface area contributed by atoms with Crippen molar-refractivity contribution in [3.8, 4) is 0 Å². The van der Waals surface area contributed by atoms with E-state index >= 15 is 0 Å². The normalized spacial score (nSPS) is 13.7. The van der Waals surface area contributed by atoms with E-state index in [4.69, 9.17) is 0 Å². The summed E-state index contributed by atoms with van der Waals surface area (Å²) < 4.78 is 28.8. The van der Waals surface area contributed by atoms with Crippen LogP contribution in [0.4, 0.5) is 0 Å². The van der Waals surface area contributed by atoms with Gasteiger partial charge in [-0.05, 0) is 24.6 Å². The average Bonchev–Trinajstić information content (AvgIpc) is 2.16. The summed E-state index contributed by atoms with van der Waals surface area (Å²) in [6.07, 6.45) is 0. The molecule has 0 fully saturated rings. The first-order chi connectivity index (χ1) is 7.44. The first-order valence-electron chi connectivity index (χ1n) is 4.97. The molecule has 1 atom stereocenters. The minimum Gasteiger partial charge on any atom is -0.203 e. The predicted octanol–water partition coefficient (Wildman–Crippen LogP) is 1.95. The van der Waals surface area contributed by atoms with Gasteiger partial charge >= 0.3 is 0 Å². The van der Waals surface area contributed by atoms with E-state index < -0.39 is 10.2 Å². The van der Waals surface area contributed by atoms with Crippen LogP contribution in [0.2, 0.25) is 0 Å². The lowest BCUT2D eigenvalue weighted by Gasteiger charge is -2.14. The van der Waals surface area contributed by atoms with Gasteiger partial charge in [0.25, 0.3) is 10.2 Å². The molecule has 0 spiro atoms. The zero-order valence-corrected chi connectivity index (χ0v) is 11.6. The molecule has 0 bridgehead atoms. The summed E-state index contributed by atoms with van der Waals surface area (Å²) in [6, 6.07) is 7.27. The van der Waals surface area contributed by atoms with E-state index in [2.05, 4.69) is 25.4 Å². The Morgan fingerprint density at radius 3 is 2.69 bits per heavy atom. The number of benzene rings is 1. The maximum atomic E-state index is 11.5. The van der Waals surface area contributed by atoms with Crippen LogP contribution in [0.1, 0.15) is 25.5 Å². The fraction of sp³-hybridized carbons (Fsp3) is 0.400. The monoisotopic (exact) mass is 306 g/mol. The maximum absolute atomic E-state index is 11.5. The zero-order valence-electron chi connectivity index (χ0n) is 9.20. The molecule has 1 aromatic rings. The molecule has 0 aromatic heterocycles. The van der Waals surface area contributed by atoms with Gasteiger partial charge in [-0.3, -0.25) is 0 Å². The van der Waals surface area contributed by atoms with Crippen molar-refractivity contribution in [3.63, 3.8) is 0 Å². The van der Waals surface area contributed by atoms with Crippen molar-refractivity contribution in [1.82, 2.24) is 9.44 Å². The smallest absolute Gasteiger partial charge is 0.203 e. The van der Waals surface area contributed by atoms with Crippen LogP contribution in [0.5, 0.6) is 0 Å². The van der Waals surface area contributed by atoms with Crippen molar-refractivity contribution in [2.24, 2.45) is 0 Å². The summed E-state index contributed by atoms with van der Waals surface area (Å²) in [5, 5.41) is 0. The molecule has 0 aliphatic rings. The molecule has 4 nitrogen and oxygen atoms in total. The Bertz CT molecular complexity index is 448. The van der Waals surface area contributed by atoms with Gasteiger partial charge in [0.1, 0.15) is 0 Å². The molecule has 6 heteroatoms. The Hall–Kier alpha value is -0.430. The second-order valence-electron chi connectivity index (χ2n) is 3.40. The summed E-state index contributed by atoms with van der Waals surface area (Å²) in [5.74, 6) is 0. The van der Waals surface area contributed by atoms with Gasteiger partial charge in [-0.15, -0.1) is 0 Å². The van der Waals surface area contributed by atoms with Gasteiger partial charge in [0.05, 0.1) is 0 Å². The molecule has 0 radical (unpaired) electrons. The highest BCUT2D eigenvalue weighted by molar-refractivity contribution is 9.10. The summed E-state index contributed by atoms with van der Waals surface area (Å²) in [5.41, 5.74) is 0.913. The Balaban J connectivity index is 2.76. The van der Waals surface area contributed by atoms with E-state index in [1.807, 2.05) is 24.3 Å². The van der Waals surface area contributed by atoms with E-state index in [0.29, 0.717) is 6.54 Å². The molecule has 0 aliphatic heterocycles. The summed E-state index contributed by atoms with van der Waals surface area (Å²) in [7, 11) is -3.41. The number of halogens is 1. The molecule has 2 N–H and O–H groups in total. The van der Waals surface area contributed by atoms with E-state index in [1.165, 1.54) is 0 Å². The Labute approximate surface area is 105 Å². The summed E-state index contributed by atoms with van der Waals surface area (Å²) in [4.78, 5) is 0. The van der Waals surface area contributed by atoms with Gasteiger partial charge in [-0.1, -0.05) is 35.0 Å². The molecule has 0 heterocycles. The second-order valence-corrected chi connectivity index (χ2v) is 5.84. The first kappa shape index (κ1) is 13.6. The fourth-order valence-corrected chi connectivity index (χ4v) is 2.79. The van der Waals surface area contributed by atoms with Crippen LogP contribution in [-0.2, 0) is 10.2 Å². The SMILES string of the molecule is CCNS(=O)(=O)NC(C)c1cccc(Br)c1. The lowest BCUT2D eigenvalue weighted by atomic mass is 10.1. The van der Waals surface area contributed by atoms with Gasteiger partial charge in [0.15, 0.2) is 0 Å². The molecule has 0 aliphatic carbocycles. The molecule has 1 rings (SSSR count). The quantitative estimate of drug-likeness (QED) is 0.873. The van der Waals surface area contributed by atoms with Gasteiger partial charge in [0, 0.05) is 17.1 Å². The third-order valence-electron chi connectivity index (χ3n) is 2.01. The topological polar surface area (TPSA) is 58.2 Å². The van der Waals surface area contributed by atoms with Gasteiger partial charge in [-0.25, -0.2) is 4.72 Å². The van der Waals surface area contributed by atoms with Crippen molar-refractivity contribution >= 4 is 26.1 Å². The number of nitrogens with one attached hydrogen (secondary N) is 2. The molecule has 1 unspecified atom stereocenters. The van der Waals surface area contributed by atoms with Gasteiger partial charge in [-0.2, -0.15) is 13.1 Å². The molecular formula is C10H15BrN2O2S. The third kappa shape index (κ3) is 4.21. The first-order valence-corrected chi connectivity index (χ1v) is 7.24.